The highest BCUT2D eigenvalue weighted by atomic mass is 16.3. The molecule has 116 valence electrons. The van der Waals surface area contributed by atoms with Gasteiger partial charge >= 0.3 is 0 Å². The molecule has 2 aromatic carbocycles. The van der Waals surface area contributed by atoms with E-state index >= 15 is 0 Å². The lowest BCUT2D eigenvalue weighted by atomic mass is 9.89. The lowest BCUT2D eigenvalue weighted by Gasteiger charge is -2.14. The Morgan fingerprint density at radius 2 is 1.35 bits per heavy atom. The highest BCUT2D eigenvalue weighted by Crippen LogP contribution is 2.31. The van der Waals surface area contributed by atoms with Crippen molar-refractivity contribution in [3.8, 4) is 17.6 Å². The minimum absolute atomic E-state index is 0.198. The molecule has 3 heteroatoms. The molecule has 0 amide bonds. The van der Waals surface area contributed by atoms with E-state index in [2.05, 4.69) is 19.2 Å². The van der Waals surface area contributed by atoms with Crippen molar-refractivity contribution in [2.24, 2.45) is 0 Å². The highest BCUT2D eigenvalue weighted by Gasteiger charge is 2.16. The van der Waals surface area contributed by atoms with Gasteiger partial charge in [-0.05, 0) is 47.2 Å². The molecular formula is C20H19NO2. The molecule has 0 spiro atoms. The first kappa shape index (κ1) is 16.4. The summed E-state index contributed by atoms with van der Waals surface area (Å²) in [6, 6.07) is 12.6. The second kappa shape index (κ2) is 7.33. The van der Waals surface area contributed by atoms with Gasteiger partial charge in [0.2, 0.25) is 0 Å². The van der Waals surface area contributed by atoms with Crippen molar-refractivity contribution >= 4 is 0 Å². The zero-order valence-corrected chi connectivity index (χ0v) is 12.9. The van der Waals surface area contributed by atoms with Crippen LogP contribution in [0.1, 0.15) is 28.2 Å². The Balaban J connectivity index is 2.46. The second-order valence-electron chi connectivity index (χ2n) is 5.32. The number of benzene rings is 2. The Morgan fingerprint density at radius 1 is 0.913 bits per heavy atom. The van der Waals surface area contributed by atoms with Gasteiger partial charge in [0.15, 0.2) is 0 Å². The molecule has 0 fully saturated rings. The molecule has 0 saturated heterocycles. The van der Waals surface area contributed by atoms with Crippen LogP contribution < -0.4 is 0 Å². The SMILES string of the molecule is C=CCc1cc(C(C#N)c2ccc(O)c(CC=C)c2)ccc1O. The normalized spacial score (nSPS) is 10.3. The van der Waals surface area contributed by atoms with Gasteiger partial charge in [-0.2, -0.15) is 5.26 Å². The Hall–Kier alpha value is -2.99. The summed E-state index contributed by atoms with van der Waals surface area (Å²) in [6.07, 6.45) is 4.50. The van der Waals surface area contributed by atoms with Crippen molar-refractivity contribution in [1.29, 1.82) is 5.26 Å². The summed E-state index contributed by atoms with van der Waals surface area (Å²) in [5.41, 5.74) is 3.08. The molecule has 2 rings (SSSR count). The maximum Gasteiger partial charge on any atom is 0.119 e. The highest BCUT2D eigenvalue weighted by molar-refractivity contribution is 5.47. The van der Waals surface area contributed by atoms with Gasteiger partial charge in [0, 0.05) is 0 Å². The summed E-state index contributed by atoms with van der Waals surface area (Å²) in [5, 5.41) is 29.3. The summed E-state index contributed by atoms with van der Waals surface area (Å²) < 4.78 is 0. The predicted molar refractivity (Wildman–Crippen MR) is 91.5 cm³/mol. The molecule has 2 aromatic rings. The minimum Gasteiger partial charge on any atom is -0.508 e. The smallest absolute Gasteiger partial charge is 0.119 e. The van der Waals surface area contributed by atoms with Crippen LogP contribution in [0.2, 0.25) is 0 Å². The predicted octanol–water partition coefficient (Wildman–Crippen LogP) is 4.21. The summed E-state index contributed by atoms with van der Waals surface area (Å²) in [6.45, 7) is 7.36. The molecule has 0 aliphatic rings. The van der Waals surface area contributed by atoms with Crippen LogP contribution in [-0.2, 0) is 12.8 Å². The van der Waals surface area contributed by atoms with Crippen molar-refractivity contribution in [2.75, 3.05) is 0 Å². The zero-order valence-electron chi connectivity index (χ0n) is 12.9. The summed E-state index contributed by atoms with van der Waals surface area (Å²) in [5.74, 6) is -0.0740. The van der Waals surface area contributed by atoms with Crippen molar-refractivity contribution in [3.63, 3.8) is 0 Å². The van der Waals surface area contributed by atoms with E-state index in [1.807, 2.05) is 12.1 Å². The van der Waals surface area contributed by atoms with E-state index < -0.39 is 5.92 Å². The molecule has 0 heterocycles. The molecule has 0 aromatic heterocycles. The fourth-order valence-electron chi connectivity index (χ4n) is 2.55. The molecule has 0 atom stereocenters. The Morgan fingerprint density at radius 3 is 1.70 bits per heavy atom. The van der Waals surface area contributed by atoms with Gasteiger partial charge in [-0.25, -0.2) is 0 Å². The first-order valence-electron chi connectivity index (χ1n) is 7.35. The van der Waals surface area contributed by atoms with Crippen LogP contribution in [0.4, 0.5) is 0 Å². The van der Waals surface area contributed by atoms with E-state index in [0.717, 1.165) is 22.3 Å². The number of hydrogen-bond acceptors (Lipinski definition) is 3. The summed E-state index contributed by atoms with van der Waals surface area (Å²) >= 11 is 0. The van der Waals surface area contributed by atoms with Crippen molar-refractivity contribution in [2.45, 2.75) is 18.8 Å². The van der Waals surface area contributed by atoms with Crippen LogP contribution in [0.15, 0.2) is 61.7 Å². The average Bonchev–Trinajstić information content (AvgIpc) is 2.54. The number of phenols is 2. The number of rotatable bonds is 6. The molecule has 2 N–H and O–H groups in total. The summed E-state index contributed by atoms with van der Waals surface area (Å²) in [7, 11) is 0. The maximum absolute atomic E-state index is 9.87. The first-order chi connectivity index (χ1) is 11.1. The van der Waals surface area contributed by atoms with E-state index in [0.29, 0.717) is 12.8 Å². The van der Waals surface area contributed by atoms with Crippen LogP contribution in [0.3, 0.4) is 0 Å². The molecule has 0 saturated carbocycles. The van der Waals surface area contributed by atoms with Crippen molar-refractivity contribution in [3.05, 3.63) is 84.0 Å². The van der Waals surface area contributed by atoms with Gasteiger partial charge in [-0.3, -0.25) is 0 Å². The lowest BCUT2D eigenvalue weighted by Crippen LogP contribution is -2.00. The third kappa shape index (κ3) is 3.61. The molecule has 0 radical (unpaired) electrons. The zero-order chi connectivity index (χ0) is 16.8. The van der Waals surface area contributed by atoms with Crippen molar-refractivity contribution < 1.29 is 10.2 Å². The Bertz CT molecular complexity index is 712. The number of hydrogen-bond donors (Lipinski definition) is 2. The van der Waals surface area contributed by atoms with Crippen LogP contribution in [-0.4, -0.2) is 10.2 Å². The molecule has 3 nitrogen and oxygen atoms in total. The molecule has 0 bridgehead atoms. The molecular weight excluding hydrogens is 286 g/mol. The second-order valence-corrected chi connectivity index (χ2v) is 5.32. The standard InChI is InChI=1S/C20H19NO2/c1-3-5-16-11-14(7-9-19(16)22)18(13-21)15-8-10-20(23)17(12-15)6-4-2/h3-4,7-12,18,22-23H,1-2,5-6H2. The van der Waals surface area contributed by atoms with Gasteiger partial charge in [-0.1, -0.05) is 36.4 Å². The van der Waals surface area contributed by atoms with E-state index in [-0.39, 0.29) is 11.5 Å². The summed E-state index contributed by atoms with van der Waals surface area (Å²) in [4.78, 5) is 0. The van der Waals surface area contributed by atoms with Crippen LogP contribution >= 0.6 is 0 Å². The average molecular weight is 305 g/mol. The van der Waals surface area contributed by atoms with Gasteiger partial charge in [-0.15, -0.1) is 13.2 Å². The van der Waals surface area contributed by atoms with Gasteiger partial charge in [0.05, 0.1) is 12.0 Å². The fourth-order valence-corrected chi connectivity index (χ4v) is 2.55. The first-order valence-corrected chi connectivity index (χ1v) is 7.35. The minimum atomic E-state index is -0.469. The number of nitriles is 1. The Kier molecular flexibility index (Phi) is 5.22. The molecule has 23 heavy (non-hydrogen) atoms. The van der Waals surface area contributed by atoms with Crippen LogP contribution in [0.5, 0.6) is 11.5 Å². The largest absolute Gasteiger partial charge is 0.508 e. The lowest BCUT2D eigenvalue weighted by molar-refractivity contribution is 0.469. The quantitative estimate of drug-likeness (QED) is 0.786. The van der Waals surface area contributed by atoms with E-state index in [1.54, 1.807) is 36.4 Å². The number of allylic oxidation sites excluding steroid dienone is 2. The third-order valence-electron chi connectivity index (χ3n) is 3.73. The number of aromatic hydroxyl groups is 2. The fraction of sp³-hybridized carbons (Fsp3) is 0.150. The van der Waals surface area contributed by atoms with Crippen LogP contribution in [0.25, 0.3) is 0 Å². The topological polar surface area (TPSA) is 64.2 Å². The third-order valence-corrected chi connectivity index (χ3v) is 3.73. The number of nitrogens with zero attached hydrogens (tertiary/aromatic N) is 1. The molecule has 0 aliphatic carbocycles. The van der Waals surface area contributed by atoms with Gasteiger partial charge in [0.25, 0.3) is 0 Å². The van der Waals surface area contributed by atoms with E-state index in [4.69, 9.17) is 0 Å². The maximum atomic E-state index is 9.87. The van der Waals surface area contributed by atoms with E-state index in [1.165, 1.54) is 0 Å². The number of phenolic OH excluding ortho intramolecular Hbond substituents is 2. The van der Waals surface area contributed by atoms with Crippen LogP contribution in [0, 0.1) is 11.3 Å². The molecule has 0 aliphatic heterocycles. The van der Waals surface area contributed by atoms with Gasteiger partial charge < -0.3 is 10.2 Å². The van der Waals surface area contributed by atoms with Crippen molar-refractivity contribution in [1.82, 2.24) is 0 Å². The van der Waals surface area contributed by atoms with E-state index in [9.17, 15) is 15.5 Å². The molecule has 0 unspecified atom stereocenters. The Labute approximate surface area is 136 Å². The van der Waals surface area contributed by atoms with Gasteiger partial charge in [0.1, 0.15) is 11.5 Å². The monoisotopic (exact) mass is 305 g/mol.